The average Bonchev–Trinajstić information content (AvgIpc) is 3.37. The Morgan fingerprint density at radius 1 is 0.921 bits per heavy atom. The molecule has 1 aliphatic heterocycles. The van der Waals surface area contributed by atoms with Crippen LogP contribution in [0, 0.1) is 0 Å². The van der Waals surface area contributed by atoms with E-state index in [9.17, 15) is 35.9 Å². The zero-order valence-electron chi connectivity index (χ0n) is 19.9. The van der Waals surface area contributed by atoms with Gasteiger partial charge >= 0.3 is 12.4 Å². The van der Waals surface area contributed by atoms with Crippen molar-refractivity contribution in [1.29, 1.82) is 0 Å². The molecule has 1 N–H and O–H groups in total. The van der Waals surface area contributed by atoms with Crippen molar-refractivity contribution in [3.63, 3.8) is 0 Å². The lowest BCUT2D eigenvalue weighted by molar-refractivity contribution is -0.143. The van der Waals surface area contributed by atoms with Gasteiger partial charge in [0.2, 0.25) is 0 Å². The summed E-state index contributed by atoms with van der Waals surface area (Å²) in [5.74, 6) is -1.32. The smallest absolute Gasteiger partial charge is 0.344 e. The van der Waals surface area contributed by atoms with E-state index in [1.54, 1.807) is 4.90 Å². The van der Waals surface area contributed by atoms with Gasteiger partial charge in [-0.3, -0.25) is 19.6 Å². The summed E-state index contributed by atoms with van der Waals surface area (Å²) < 4.78 is 79.2. The molecule has 2 aromatic heterocycles. The molecule has 0 spiro atoms. The maximum absolute atomic E-state index is 13.2. The quantitative estimate of drug-likeness (QED) is 0.404. The summed E-state index contributed by atoms with van der Waals surface area (Å²) in [6, 6.07) is -0.311. The summed E-state index contributed by atoms with van der Waals surface area (Å²) in [4.78, 5) is 40.4. The lowest BCUT2D eigenvalue weighted by Gasteiger charge is -2.25. The van der Waals surface area contributed by atoms with Crippen LogP contribution in [0.25, 0.3) is 10.7 Å². The van der Waals surface area contributed by atoms with Crippen LogP contribution in [0.2, 0.25) is 0 Å². The molecule has 0 aliphatic carbocycles. The number of carbonyl (C=O) groups is 2. The zero-order valence-corrected chi connectivity index (χ0v) is 20.7. The Kier molecular flexibility index (Phi) is 7.72. The van der Waals surface area contributed by atoms with Crippen molar-refractivity contribution in [1.82, 2.24) is 25.2 Å². The highest BCUT2D eigenvalue weighted by Gasteiger charge is 2.37. The number of aromatic nitrogens is 3. The van der Waals surface area contributed by atoms with Crippen molar-refractivity contribution in [2.24, 2.45) is 0 Å². The molecule has 3 heterocycles. The number of rotatable bonds is 5. The second-order valence-electron chi connectivity index (χ2n) is 8.66. The molecule has 38 heavy (non-hydrogen) atoms. The average molecular weight is 558 g/mol. The Bertz CT molecular complexity index is 1300. The third kappa shape index (κ3) is 6.11. The molecule has 202 valence electrons. The largest absolute Gasteiger partial charge is 0.416 e. The van der Waals surface area contributed by atoms with Gasteiger partial charge in [-0.25, -0.2) is 4.98 Å². The summed E-state index contributed by atoms with van der Waals surface area (Å²) in [5.41, 5.74) is -3.61. The number of halogens is 6. The number of nitrogens with one attached hydrogen (secondary N) is 1. The van der Waals surface area contributed by atoms with E-state index in [4.69, 9.17) is 0 Å². The molecule has 1 fully saturated rings. The van der Waals surface area contributed by atoms with Gasteiger partial charge < -0.3 is 10.2 Å². The van der Waals surface area contributed by atoms with E-state index in [1.165, 1.54) is 25.5 Å². The van der Waals surface area contributed by atoms with Gasteiger partial charge in [0.05, 0.1) is 29.1 Å². The molecule has 2 amide bonds. The molecule has 0 radical (unpaired) electrons. The molecule has 1 aliphatic rings. The highest BCUT2D eigenvalue weighted by atomic mass is 32.1. The molecule has 1 aromatic carbocycles. The van der Waals surface area contributed by atoms with Gasteiger partial charge in [-0.1, -0.05) is 0 Å². The first-order valence-electron chi connectivity index (χ1n) is 11.5. The number of likely N-dealkylation sites (tertiary alicyclic amines) is 1. The van der Waals surface area contributed by atoms with E-state index < -0.39 is 41.0 Å². The number of hydrogen-bond acceptors (Lipinski definition) is 6. The van der Waals surface area contributed by atoms with Crippen molar-refractivity contribution >= 4 is 23.2 Å². The topological polar surface area (TPSA) is 88.1 Å². The van der Waals surface area contributed by atoms with Crippen molar-refractivity contribution in [2.75, 3.05) is 13.1 Å². The highest BCUT2D eigenvalue weighted by molar-refractivity contribution is 7.16. The monoisotopic (exact) mass is 557 g/mol. The second kappa shape index (κ2) is 10.7. The van der Waals surface area contributed by atoms with E-state index in [0.717, 1.165) is 30.6 Å². The molecule has 1 saturated heterocycles. The highest BCUT2D eigenvalue weighted by Crippen LogP contribution is 2.36. The van der Waals surface area contributed by atoms with Crippen molar-refractivity contribution in [3.8, 4) is 10.7 Å². The lowest BCUT2D eigenvalue weighted by Crippen LogP contribution is -2.35. The van der Waals surface area contributed by atoms with Crippen LogP contribution in [0.4, 0.5) is 26.3 Å². The van der Waals surface area contributed by atoms with Crippen LogP contribution >= 0.6 is 11.3 Å². The molecular formula is C24H21F6N5O2S. The van der Waals surface area contributed by atoms with Gasteiger partial charge in [-0.05, 0) is 44.4 Å². The predicted octanol–water partition coefficient (Wildman–Crippen LogP) is 5.75. The number of nitrogens with zero attached hydrogens (tertiary/aromatic N) is 4. The number of piperidine rings is 1. The Morgan fingerprint density at radius 2 is 1.53 bits per heavy atom. The van der Waals surface area contributed by atoms with Gasteiger partial charge in [0.25, 0.3) is 11.8 Å². The standard InChI is InChI=1S/C24H21F6N5O2S/c1-13(34-20(36)14-9-15(23(25,26)27)11-16(10-14)24(28,29)30)18-19(32-6-5-31-18)21-33-12-17(38-21)22(37)35-7-3-2-4-8-35/h5-6,9-13H,2-4,7-8H2,1H3,(H,34,36). The van der Waals surface area contributed by atoms with Crippen molar-refractivity contribution in [3.05, 3.63) is 64.1 Å². The summed E-state index contributed by atoms with van der Waals surface area (Å²) >= 11 is 1.08. The van der Waals surface area contributed by atoms with Gasteiger partial charge in [0.1, 0.15) is 15.6 Å². The second-order valence-corrected chi connectivity index (χ2v) is 9.69. The summed E-state index contributed by atoms with van der Waals surface area (Å²) in [6.45, 7) is 2.76. The fraction of sp³-hybridized carbons (Fsp3) is 0.375. The van der Waals surface area contributed by atoms with Gasteiger partial charge in [-0.15, -0.1) is 11.3 Å². The SMILES string of the molecule is CC(NC(=O)c1cc(C(F)(F)F)cc(C(F)(F)F)c1)c1nccnc1-c1ncc(C(=O)N2CCCCC2)s1. The van der Waals surface area contributed by atoms with Crippen LogP contribution in [0.15, 0.2) is 36.8 Å². The number of amides is 2. The zero-order chi connectivity index (χ0) is 27.7. The molecule has 1 atom stereocenters. The van der Waals surface area contributed by atoms with Crippen LogP contribution in [0.3, 0.4) is 0 Å². The lowest BCUT2D eigenvalue weighted by atomic mass is 10.0. The van der Waals surface area contributed by atoms with Crippen LogP contribution in [-0.2, 0) is 12.4 Å². The molecule has 7 nitrogen and oxygen atoms in total. The summed E-state index contributed by atoms with van der Waals surface area (Å²) in [6.07, 6.45) is -3.19. The molecular weight excluding hydrogens is 536 g/mol. The number of carbonyl (C=O) groups excluding carboxylic acids is 2. The van der Waals surface area contributed by atoms with Crippen molar-refractivity contribution < 1.29 is 35.9 Å². The molecule has 4 rings (SSSR count). The van der Waals surface area contributed by atoms with Crippen LogP contribution in [0.5, 0.6) is 0 Å². The number of thiazole rings is 1. The first-order valence-corrected chi connectivity index (χ1v) is 12.3. The molecule has 0 saturated carbocycles. The Balaban J connectivity index is 1.58. The van der Waals surface area contributed by atoms with Crippen molar-refractivity contribution in [2.45, 2.75) is 44.6 Å². The van der Waals surface area contributed by atoms with E-state index in [2.05, 4.69) is 20.3 Å². The third-order valence-electron chi connectivity index (χ3n) is 5.90. The first kappa shape index (κ1) is 27.5. The van der Waals surface area contributed by atoms with Gasteiger partial charge in [0, 0.05) is 31.0 Å². The first-order chi connectivity index (χ1) is 17.8. The molecule has 14 heteroatoms. The minimum absolute atomic E-state index is 0.0494. The van der Waals surface area contributed by atoms with Crippen LogP contribution < -0.4 is 5.32 Å². The van der Waals surface area contributed by atoms with Crippen LogP contribution in [-0.4, -0.2) is 44.8 Å². The fourth-order valence-corrected chi connectivity index (χ4v) is 4.89. The molecule has 0 bridgehead atoms. The van der Waals surface area contributed by atoms with Gasteiger partial charge in [-0.2, -0.15) is 26.3 Å². The minimum Gasteiger partial charge on any atom is -0.344 e. The minimum atomic E-state index is -5.09. The molecule has 1 unspecified atom stereocenters. The maximum Gasteiger partial charge on any atom is 0.416 e. The summed E-state index contributed by atoms with van der Waals surface area (Å²) in [5, 5.41) is 2.71. The predicted molar refractivity (Wildman–Crippen MR) is 125 cm³/mol. The van der Waals surface area contributed by atoms with Gasteiger partial charge in [0.15, 0.2) is 0 Å². The van der Waals surface area contributed by atoms with Crippen LogP contribution in [0.1, 0.15) is 69.1 Å². The molecule has 3 aromatic rings. The Labute approximate surface area is 216 Å². The van der Waals surface area contributed by atoms with E-state index in [0.29, 0.717) is 35.1 Å². The fourth-order valence-electron chi connectivity index (χ4n) is 4.00. The number of benzene rings is 1. The summed E-state index contributed by atoms with van der Waals surface area (Å²) in [7, 11) is 0. The number of hydrogen-bond donors (Lipinski definition) is 1. The third-order valence-corrected chi connectivity index (χ3v) is 6.89. The maximum atomic E-state index is 13.2. The van der Waals surface area contributed by atoms with E-state index in [1.807, 2.05) is 0 Å². The van der Waals surface area contributed by atoms with E-state index in [-0.39, 0.29) is 23.4 Å². The number of alkyl halides is 6. The normalized spacial score (nSPS) is 15.3. The Morgan fingerprint density at radius 3 is 2.13 bits per heavy atom. The van der Waals surface area contributed by atoms with E-state index >= 15 is 0 Å². The Hall–Kier alpha value is -3.55.